The van der Waals surface area contributed by atoms with E-state index >= 15 is 0 Å². The molecule has 0 aliphatic rings. The lowest BCUT2D eigenvalue weighted by molar-refractivity contribution is -0.130. The number of halogens is 2. The number of benzene rings is 2. The van der Waals surface area contributed by atoms with Crippen LogP contribution in [0, 0.1) is 5.82 Å². The van der Waals surface area contributed by atoms with Crippen LogP contribution in [0.3, 0.4) is 0 Å². The van der Waals surface area contributed by atoms with Gasteiger partial charge in [-0.2, -0.15) is 0 Å². The molecule has 0 aliphatic carbocycles. The monoisotopic (exact) mass is 305 g/mol. The smallest absolute Gasteiger partial charge is 0.222 e. The van der Waals surface area contributed by atoms with Crippen molar-refractivity contribution in [2.45, 2.75) is 19.4 Å². The third kappa shape index (κ3) is 4.87. The van der Waals surface area contributed by atoms with Crippen molar-refractivity contribution in [1.82, 2.24) is 4.90 Å². The zero-order valence-electron chi connectivity index (χ0n) is 11.9. The van der Waals surface area contributed by atoms with Crippen molar-refractivity contribution < 1.29 is 9.18 Å². The Hall–Kier alpha value is -1.87. The Morgan fingerprint density at radius 3 is 2.57 bits per heavy atom. The quantitative estimate of drug-likeness (QED) is 0.815. The molecular formula is C17H17ClFNO. The average molecular weight is 306 g/mol. The molecule has 0 radical (unpaired) electrons. The molecule has 0 aromatic heterocycles. The van der Waals surface area contributed by atoms with Gasteiger partial charge in [0.15, 0.2) is 0 Å². The fourth-order valence-electron chi connectivity index (χ4n) is 2.13. The molecule has 0 spiro atoms. The summed E-state index contributed by atoms with van der Waals surface area (Å²) < 4.78 is 13.1. The number of carbonyl (C=O) groups excluding carboxylic acids is 1. The maximum absolute atomic E-state index is 13.1. The minimum absolute atomic E-state index is 0.0271. The molecule has 4 heteroatoms. The van der Waals surface area contributed by atoms with E-state index in [1.807, 2.05) is 24.3 Å². The third-order valence-electron chi connectivity index (χ3n) is 3.25. The fraction of sp³-hybridized carbons (Fsp3) is 0.235. The van der Waals surface area contributed by atoms with Crippen LogP contribution in [0.4, 0.5) is 4.39 Å². The van der Waals surface area contributed by atoms with Gasteiger partial charge in [0.2, 0.25) is 5.91 Å². The lowest BCUT2D eigenvalue weighted by Crippen LogP contribution is -2.26. The molecule has 0 saturated carbocycles. The van der Waals surface area contributed by atoms with Crippen molar-refractivity contribution in [2.75, 3.05) is 7.05 Å². The molecule has 0 fully saturated rings. The first-order valence-corrected chi connectivity index (χ1v) is 7.15. The number of nitrogens with zero attached hydrogens (tertiary/aromatic N) is 1. The summed E-state index contributed by atoms with van der Waals surface area (Å²) in [6.07, 6.45) is 0.900. The highest BCUT2D eigenvalue weighted by molar-refractivity contribution is 6.30. The molecule has 2 aromatic carbocycles. The Balaban J connectivity index is 1.88. The standard InChI is InChI=1S/C17H17ClFNO/c1-20(12-14-5-2-6-15(18)10-14)17(21)9-8-13-4-3-7-16(19)11-13/h2-7,10-11H,8-9,12H2,1H3. The van der Waals surface area contributed by atoms with Crippen molar-refractivity contribution in [3.63, 3.8) is 0 Å². The first kappa shape index (κ1) is 15.5. The predicted molar refractivity (Wildman–Crippen MR) is 82.6 cm³/mol. The number of hydrogen-bond acceptors (Lipinski definition) is 1. The highest BCUT2D eigenvalue weighted by atomic mass is 35.5. The van der Waals surface area contributed by atoms with Crippen LogP contribution in [-0.2, 0) is 17.8 Å². The van der Waals surface area contributed by atoms with Crippen molar-refractivity contribution in [3.05, 3.63) is 70.5 Å². The summed E-state index contributed by atoms with van der Waals surface area (Å²) >= 11 is 5.92. The highest BCUT2D eigenvalue weighted by Crippen LogP contribution is 2.13. The van der Waals surface area contributed by atoms with Gasteiger partial charge in [0.05, 0.1) is 0 Å². The number of rotatable bonds is 5. The van der Waals surface area contributed by atoms with E-state index in [1.54, 1.807) is 24.1 Å². The number of aryl methyl sites for hydroxylation is 1. The normalized spacial score (nSPS) is 10.4. The van der Waals surface area contributed by atoms with Gasteiger partial charge in [-0.1, -0.05) is 35.9 Å². The zero-order valence-corrected chi connectivity index (χ0v) is 12.6. The number of hydrogen-bond donors (Lipinski definition) is 0. The molecule has 0 aliphatic heterocycles. The van der Waals surface area contributed by atoms with Crippen LogP contribution >= 0.6 is 11.6 Å². The van der Waals surface area contributed by atoms with E-state index in [4.69, 9.17) is 11.6 Å². The van der Waals surface area contributed by atoms with Crippen molar-refractivity contribution in [2.24, 2.45) is 0 Å². The van der Waals surface area contributed by atoms with E-state index in [0.717, 1.165) is 11.1 Å². The summed E-state index contributed by atoms with van der Waals surface area (Å²) in [7, 11) is 1.76. The summed E-state index contributed by atoms with van der Waals surface area (Å²) in [6.45, 7) is 0.516. The Kier molecular flexibility index (Phi) is 5.34. The van der Waals surface area contributed by atoms with E-state index in [-0.39, 0.29) is 11.7 Å². The second kappa shape index (κ2) is 7.23. The van der Waals surface area contributed by atoms with Crippen LogP contribution in [0.2, 0.25) is 5.02 Å². The molecule has 1 amide bonds. The molecule has 110 valence electrons. The van der Waals surface area contributed by atoms with Crippen molar-refractivity contribution in [1.29, 1.82) is 0 Å². The van der Waals surface area contributed by atoms with Gasteiger partial charge < -0.3 is 4.90 Å². The summed E-state index contributed by atoms with van der Waals surface area (Å²) in [6, 6.07) is 13.8. The van der Waals surface area contributed by atoms with E-state index in [9.17, 15) is 9.18 Å². The molecule has 2 aromatic rings. The second-order valence-electron chi connectivity index (χ2n) is 5.01. The van der Waals surface area contributed by atoms with Gasteiger partial charge in [0.25, 0.3) is 0 Å². The van der Waals surface area contributed by atoms with Gasteiger partial charge in [-0.25, -0.2) is 4.39 Å². The summed E-state index contributed by atoms with van der Waals surface area (Å²) in [4.78, 5) is 13.7. The lowest BCUT2D eigenvalue weighted by atomic mass is 10.1. The Bertz CT molecular complexity index is 630. The fourth-order valence-corrected chi connectivity index (χ4v) is 2.34. The number of carbonyl (C=O) groups is 1. The topological polar surface area (TPSA) is 20.3 Å². The molecule has 2 rings (SSSR count). The summed E-state index contributed by atoms with van der Waals surface area (Å²) in [5.74, 6) is -0.244. The van der Waals surface area contributed by atoms with Crippen molar-refractivity contribution in [3.8, 4) is 0 Å². The van der Waals surface area contributed by atoms with Crippen LogP contribution in [0.25, 0.3) is 0 Å². The third-order valence-corrected chi connectivity index (χ3v) is 3.49. The van der Waals surface area contributed by atoms with Crippen LogP contribution in [0.15, 0.2) is 48.5 Å². The van der Waals surface area contributed by atoms with E-state index in [0.29, 0.717) is 24.4 Å². The molecule has 2 nitrogen and oxygen atoms in total. The lowest BCUT2D eigenvalue weighted by Gasteiger charge is -2.17. The zero-order chi connectivity index (χ0) is 15.2. The second-order valence-corrected chi connectivity index (χ2v) is 5.45. The first-order chi connectivity index (χ1) is 10.0. The van der Waals surface area contributed by atoms with Crippen molar-refractivity contribution >= 4 is 17.5 Å². The average Bonchev–Trinajstić information content (AvgIpc) is 2.45. The molecule has 0 bridgehead atoms. The minimum atomic E-state index is -0.271. The molecule has 0 saturated heterocycles. The predicted octanol–water partition coefficient (Wildman–Crippen LogP) is 4.07. The van der Waals surface area contributed by atoms with E-state index in [1.165, 1.54) is 12.1 Å². The van der Waals surface area contributed by atoms with Gasteiger partial charge in [-0.3, -0.25) is 4.79 Å². The van der Waals surface area contributed by atoms with Crippen LogP contribution in [-0.4, -0.2) is 17.9 Å². The van der Waals surface area contributed by atoms with Crippen LogP contribution in [0.5, 0.6) is 0 Å². The van der Waals surface area contributed by atoms with Gasteiger partial charge >= 0.3 is 0 Å². The van der Waals surface area contributed by atoms with Gasteiger partial charge in [0.1, 0.15) is 5.82 Å². The van der Waals surface area contributed by atoms with Crippen LogP contribution in [0.1, 0.15) is 17.5 Å². The molecule has 0 unspecified atom stereocenters. The summed E-state index contributed by atoms with van der Waals surface area (Å²) in [5, 5.41) is 0.660. The Labute approximate surface area is 129 Å². The SMILES string of the molecule is CN(Cc1cccc(Cl)c1)C(=O)CCc1cccc(F)c1. The van der Waals surface area contributed by atoms with E-state index in [2.05, 4.69) is 0 Å². The molecule has 21 heavy (non-hydrogen) atoms. The van der Waals surface area contributed by atoms with Gasteiger partial charge in [-0.05, 0) is 41.8 Å². The van der Waals surface area contributed by atoms with Gasteiger partial charge in [-0.15, -0.1) is 0 Å². The first-order valence-electron chi connectivity index (χ1n) is 6.77. The largest absolute Gasteiger partial charge is 0.341 e. The van der Waals surface area contributed by atoms with E-state index < -0.39 is 0 Å². The number of amides is 1. The molecule has 0 atom stereocenters. The maximum Gasteiger partial charge on any atom is 0.222 e. The minimum Gasteiger partial charge on any atom is -0.341 e. The molecule has 0 N–H and O–H groups in total. The maximum atomic E-state index is 13.1. The summed E-state index contributed by atoms with van der Waals surface area (Å²) in [5.41, 5.74) is 1.82. The molecule has 0 heterocycles. The highest BCUT2D eigenvalue weighted by Gasteiger charge is 2.10. The van der Waals surface area contributed by atoms with Gasteiger partial charge in [0, 0.05) is 25.0 Å². The Morgan fingerprint density at radius 2 is 1.86 bits per heavy atom. The Morgan fingerprint density at radius 1 is 1.14 bits per heavy atom. The van der Waals surface area contributed by atoms with Crippen LogP contribution < -0.4 is 0 Å². The molecular weight excluding hydrogens is 289 g/mol.